The first-order valence-electron chi connectivity index (χ1n) is 19.3. The zero-order valence-electron chi connectivity index (χ0n) is 32.1. The van der Waals surface area contributed by atoms with Gasteiger partial charge in [0.2, 0.25) is 0 Å². The lowest BCUT2D eigenvalue weighted by atomic mass is 9.94. The van der Waals surface area contributed by atoms with Crippen LogP contribution < -0.4 is 19.4 Å². The Balaban J connectivity index is 0.798. The molecule has 1 unspecified atom stereocenters. The number of aromatic nitrogens is 5. The molecule has 3 atom stereocenters. The van der Waals surface area contributed by atoms with Gasteiger partial charge in [-0.05, 0) is 80.6 Å². The average molecular weight is 808 g/mol. The van der Waals surface area contributed by atoms with Crippen molar-refractivity contribution in [3.8, 4) is 5.75 Å². The first-order chi connectivity index (χ1) is 28.1. The summed E-state index contributed by atoms with van der Waals surface area (Å²) in [6.07, 6.45) is 3.87. The second kappa shape index (κ2) is 15.2. The molecule has 3 aliphatic heterocycles. The maximum absolute atomic E-state index is 15.0. The Morgan fingerprint density at radius 1 is 0.897 bits per heavy atom. The molecule has 16 heteroatoms. The molecule has 6 aromatic rings. The number of hydrogen-bond donors (Lipinski definition) is 1. The Hall–Kier alpha value is -5.71. The van der Waals surface area contributed by atoms with Gasteiger partial charge in [0.05, 0.1) is 37.1 Å². The molecule has 9 rings (SSSR count). The van der Waals surface area contributed by atoms with Crippen LogP contribution in [-0.4, -0.2) is 93.5 Å². The molecule has 300 valence electrons. The Labute approximate surface area is 339 Å². The van der Waals surface area contributed by atoms with Crippen LogP contribution in [0.5, 0.6) is 5.75 Å². The van der Waals surface area contributed by atoms with E-state index >= 15 is 0 Å². The highest BCUT2D eigenvalue weighted by molar-refractivity contribution is 7.81. The van der Waals surface area contributed by atoms with Gasteiger partial charge in [0, 0.05) is 60.9 Å². The molecular formula is C42H43F2N9O4S. The molecule has 0 saturated carbocycles. The fraction of sp³-hybridized carbons (Fsp3) is 0.333. The Morgan fingerprint density at radius 2 is 1.59 bits per heavy atom. The number of para-hydroxylation sites is 2. The van der Waals surface area contributed by atoms with Gasteiger partial charge >= 0.3 is 6.03 Å². The lowest BCUT2D eigenvalue weighted by molar-refractivity contribution is -0.117. The van der Waals surface area contributed by atoms with Crippen LogP contribution in [0.25, 0.3) is 11.0 Å². The van der Waals surface area contributed by atoms with Crippen molar-refractivity contribution in [1.29, 1.82) is 0 Å². The molecule has 2 amide bonds. The van der Waals surface area contributed by atoms with Gasteiger partial charge in [-0.2, -0.15) is 5.10 Å². The zero-order chi connectivity index (χ0) is 40.0. The van der Waals surface area contributed by atoms with Crippen LogP contribution >= 0.6 is 12.6 Å². The fourth-order valence-electron chi connectivity index (χ4n) is 8.27. The summed E-state index contributed by atoms with van der Waals surface area (Å²) in [7, 11) is 0. The number of nitrogens with zero attached hydrogens (tertiary/aromatic N) is 9. The first kappa shape index (κ1) is 37.8. The lowest BCUT2D eigenvalue weighted by Crippen LogP contribution is -2.48. The van der Waals surface area contributed by atoms with Gasteiger partial charge in [-0.25, -0.2) is 28.2 Å². The molecule has 0 aliphatic carbocycles. The van der Waals surface area contributed by atoms with Crippen LogP contribution in [0.3, 0.4) is 0 Å². The Morgan fingerprint density at radius 3 is 2.26 bits per heavy atom. The topological polar surface area (TPSA) is 106 Å². The molecule has 58 heavy (non-hydrogen) atoms. The third-order valence-corrected chi connectivity index (χ3v) is 11.7. The number of benzene rings is 4. The second-order valence-electron chi connectivity index (χ2n) is 15.1. The molecule has 0 spiro atoms. The van der Waals surface area contributed by atoms with E-state index in [0.29, 0.717) is 12.3 Å². The van der Waals surface area contributed by atoms with Gasteiger partial charge in [0.1, 0.15) is 42.2 Å². The molecule has 3 saturated heterocycles. The molecule has 13 nitrogen and oxygen atoms in total. The molecule has 3 aliphatic rings. The van der Waals surface area contributed by atoms with Gasteiger partial charge in [-0.3, -0.25) is 14.4 Å². The van der Waals surface area contributed by atoms with Crippen molar-refractivity contribution in [1.82, 2.24) is 29.2 Å². The predicted octanol–water partition coefficient (Wildman–Crippen LogP) is 6.47. The van der Waals surface area contributed by atoms with E-state index in [9.17, 15) is 13.6 Å². The third kappa shape index (κ3) is 6.98. The molecule has 5 heterocycles. The van der Waals surface area contributed by atoms with Crippen molar-refractivity contribution in [3.63, 3.8) is 0 Å². The van der Waals surface area contributed by atoms with Crippen molar-refractivity contribution in [2.45, 2.75) is 43.3 Å². The SMILES string of the molecule is CC(C)N1C(=O)N(c2ccc(N3CCN(c4ccc(OC[C@H]5OC[C@](Cn6cncn6)(c6ccc(F)cc6F)O5)cc4)CC3)cc2)CC1(S)n1cnc2ccccc21. The standard InChI is InChI=1S/C42H43F2N9O4S/c1-29(2)53-40(54)51(24-42(53,58)52-28-46-37-5-3-4-6-38(37)52)33-10-8-31(9-11-33)48-17-19-49(20-18-48)32-12-14-34(15-13-32)55-22-39-56-25-41(57-39,23-50-27-45-26-47-50)35-16-7-30(43)21-36(35)44/h3-16,21,26-29,39,58H,17-20,22-25H2,1-2H3/t39-,41+,42?/m0/s1. The van der Waals surface area contributed by atoms with E-state index in [1.54, 1.807) is 11.2 Å². The highest BCUT2D eigenvalue weighted by Gasteiger charge is 2.51. The van der Waals surface area contributed by atoms with Gasteiger partial charge in [0.25, 0.3) is 0 Å². The van der Waals surface area contributed by atoms with Crippen LogP contribution in [0.1, 0.15) is 19.4 Å². The summed E-state index contributed by atoms with van der Waals surface area (Å²) in [4.78, 5) is 29.9. The fourth-order valence-corrected chi connectivity index (χ4v) is 8.89. The largest absolute Gasteiger partial charge is 0.488 e. The molecule has 0 N–H and O–H groups in total. The number of imidazole rings is 1. The maximum Gasteiger partial charge on any atom is 0.327 e. The highest BCUT2D eigenvalue weighted by atomic mass is 32.1. The van der Waals surface area contributed by atoms with Gasteiger partial charge in [-0.15, -0.1) is 12.6 Å². The van der Waals surface area contributed by atoms with Crippen molar-refractivity contribution in [3.05, 3.63) is 127 Å². The Bertz CT molecular complexity index is 2390. The van der Waals surface area contributed by atoms with E-state index in [1.807, 2.05) is 84.0 Å². The summed E-state index contributed by atoms with van der Waals surface area (Å²) in [5.41, 5.74) is 3.71. The predicted molar refractivity (Wildman–Crippen MR) is 218 cm³/mol. The normalized spacial score (nSPS) is 22.5. The number of fused-ring (bicyclic) bond motifs is 1. The van der Waals surface area contributed by atoms with Crippen LogP contribution in [0.2, 0.25) is 0 Å². The van der Waals surface area contributed by atoms with Crippen LogP contribution in [0.4, 0.5) is 30.6 Å². The number of anilines is 3. The van der Waals surface area contributed by atoms with Crippen molar-refractivity contribution in [2.75, 3.05) is 60.6 Å². The summed E-state index contributed by atoms with van der Waals surface area (Å²) >= 11 is 5.16. The quantitative estimate of drug-likeness (QED) is 0.148. The minimum atomic E-state index is -1.24. The van der Waals surface area contributed by atoms with E-state index in [2.05, 4.69) is 37.0 Å². The summed E-state index contributed by atoms with van der Waals surface area (Å²) in [5, 5.41) is 4.14. The number of carbonyl (C=O) groups excluding carboxylic acids is 1. The number of halogens is 2. The number of thiol groups is 1. The minimum absolute atomic E-state index is 0.0229. The number of rotatable bonds is 11. The van der Waals surface area contributed by atoms with E-state index in [4.69, 9.17) is 26.8 Å². The van der Waals surface area contributed by atoms with Gasteiger partial charge in [0.15, 0.2) is 11.3 Å². The molecule has 0 radical (unpaired) electrons. The number of piperazine rings is 1. The first-order valence-corrected chi connectivity index (χ1v) is 19.7. The average Bonchev–Trinajstić information content (AvgIpc) is 4.04. The lowest BCUT2D eigenvalue weighted by Gasteiger charge is -2.37. The number of amides is 2. The third-order valence-electron chi connectivity index (χ3n) is 11.1. The highest BCUT2D eigenvalue weighted by Crippen LogP contribution is 2.41. The monoisotopic (exact) mass is 807 g/mol. The molecule has 3 fully saturated rings. The summed E-state index contributed by atoms with van der Waals surface area (Å²) in [6, 6.07) is 27.2. The van der Waals surface area contributed by atoms with E-state index in [1.165, 1.54) is 29.5 Å². The number of ether oxygens (including phenoxy) is 3. The molecule has 2 aromatic heterocycles. The summed E-state index contributed by atoms with van der Waals surface area (Å²) in [6.45, 7) is 7.91. The summed E-state index contributed by atoms with van der Waals surface area (Å²) < 4.78 is 50.5. The van der Waals surface area contributed by atoms with E-state index in [-0.39, 0.29) is 37.4 Å². The van der Waals surface area contributed by atoms with Crippen molar-refractivity contribution in [2.24, 2.45) is 0 Å². The van der Waals surface area contributed by atoms with Crippen LogP contribution in [-0.2, 0) is 26.6 Å². The second-order valence-corrected chi connectivity index (χ2v) is 15.8. The number of carbonyl (C=O) groups is 1. The Kier molecular flexibility index (Phi) is 9.94. The summed E-state index contributed by atoms with van der Waals surface area (Å²) in [5.74, 6) is -0.766. The maximum atomic E-state index is 15.0. The molecule has 0 bridgehead atoms. The van der Waals surface area contributed by atoms with Crippen molar-refractivity contribution >= 4 is 46.8 Å². The smallest absolute Gasteiger partial charge is 0.327 e. The van der Waals surface area contributed by atoms with Gasteiger partial charge in [-0.1, -0.05) is 18.2 Å². The van der Waals surface area contributed by atoms with E-state index < -0.39 is 28.5 Å². The molecule has 4 aromatic carbocycles. The minimum Gasteiger partial charge on any atom is -0.488 e. The van der Waals surface area contributed by atoms with Crippen LogP contribution in [0, 0.1) is 11.6 Å². The molecular weight excluding hydrogens is 765 g/mol. The van der Waals surface area contributed by atoms with E-state index in [0.717, 1.165) is 60.3 Å². The number of urea groups is 1. The zero-order valence-corrected chi connectivity index (χ0v) is 33.0. The van der Waals surface area contributed by atoms with Crippen molar-refractivity contribution < 1.29 is 27.8 Å². The number of hydrogen-bond acceptors (Lipinski definition) is 10. The van der Waals surface area contributed by atoms with Gasteiger partial charge < -0.3 is 24.0 Å². The van der Waals surface area contributed by atoms with Crippen LogP contribution in [0.15, 0.2) is 110 Å².